The molecule has 0 spiro atoms. The smallest absolute Gasteiger partial charge is 0.331 e. The molecule has 2 aromatic carbocycles. The highest BCUT2D eigenvalue weighted by atomic mass is 32.2. The molecule has 5 nitrogen and oxygen atoms in total. The van der Waals surface area contributed by atoms with Gasteiger partial charge in [-0.15, -0.1) is 0 Å². The third kappa shape index (κ3) is 5.23. The molecule has 0 atom stereocenters. The molecular formula is C23H23NO4S. The lowest BCUT2D eigenvalue weighted by molar-refractivity contribution is -0.148. The van der Waals surface area contributed by atoms with Gasteiger partial charge in [0.05, 0.1) is 4.90 Å². The van der Waals surface area contributed by atoms with Crippen LogP contribution in [-0.2, 0) is 19.6 Å². The number of esters is 1. The van der Waals surface area contributed by atoms with Crippen LogP contribution in [0, 0.1) is 0 Å². The van der Waals surface area contributed by atoms with E-state index in [4.69, 9.17) is 4.74 Å². The molecule has 0 unspecified atom stereocenters. The van der Waals surface area contributed by atoms with Crippen LogP contribution in [0.1, 0.15) is 26.3 Å². The zero-order valence-electron chi connectivity index (χ0n) is 16.6. The van der Waals surface area contributed by atoms with E-state index in [2.05, 4.69) is 0 Å². The predicted octanol–water partition coefficient (Wildman–Crippen LogP) is 4.75. The molecule has 29 heavy (non-hydrogen) atoms. The molecule has 1 heterocycles. The summed E-state index contributed by atoms with van der Waals surface area (Å²) in [6, 6.07) is 18.0. The number of aromatic nitrogens is 1. The van der Waals surface area contributed by atoms with Gasteiger partial charge >= 0.3 is 5.97 Å². The summed E-state index contributed by atoms with van der Waals surface area (Å²) in [5.74, 6) is -0.483. The van der Waals surface area contributed by atoms with Crippen molar-refractivity contribution in [1.82, 2.24) is 3.97 Å². The fourth-order valence-corrected chi connectivity index (χ4v) is 3.98. The molecule has 0 bridgehead atoms. The van der Waals surface area contributed by atoms with Crippen LogP contribution in [0.25, 0.3) is 17.2 Å². The number of rotatable bonds is 5. The number of nitrogens with zero attached hydrogens (tertiary/aromatic N) is 1. The Bertz CT molecular complexity index is 1140. The van der Waals surface area contributed by atoms with Gasteiger partial charge in [-0.1, -0.05) is 42.5 Å². The average molecular weight is 410 g/mol. The summed E-state index contributed by atoms with van der Waals surface area (Å²) in [6.07, 6.45) is 5.73. The van der Waals surface area contributed by atoms with Crippen molar-refractivity contribution in [3.8, 4) is 11.1 Å². The number of hydrogen-bond donors (Lipinski definition) is 0. The molecular weight excluding hydrogens is 386 g/mol. The second kappa shape index (κ2) is 8.09. The first-order valence-electron chi connectivity index (χ1n) is 9.15. The number of ether oxygens (including phenoxy) is 1. The highest BCUT2D eigenvalue weighted by Gasteiger charge is 2.18. The zero-order valence-corrected chi connectivity index (χ0v) is 17.4. The lowest BCUT2D eigenvalue weighted by Gasteiger charge is -2.17. The Kier molecular flexibility index (Phi) is 5.75. The SMILES string of the molecule is CC(C)(C)OC(=O)C=Cc1ccn(S(=O)(=O)c2cccc(-c3ccccc3)c2)c1. The number of carbonyl (C=O) groups is 1. The molecule has 1 aromatic heterocycles. The second-order valence-electron chi connectivity index (χ2n) is 7.54. The first-order chi connectivity index (χ1) is 13.6. The normalized spacial score (nSPS) is 12.2. The van der Waals surface area contributed by atoms with E-state index in [1.807, 2.05) is 36.4 Å². The number of benzene rings is 2. The van der Waals surface area contributed by atoms with Gasteiger partial charge in [-0.25, -0.2) is 17.2 Å². The second-order valence-corrected chi connectivity index (χ2v) is 9.38. The third-order valence-corrected chi connectivity index (χ3v) is 5.66. The Balaban J connectivity index is 1.84. The minimum atomic E-state index is -3.75. The Morgan fingerprint density at radius 3 is 2.34 bits per heavy atom. The van der Waals surface area contributed by atoms with Crippen molar-refractivity contribution in [1.29, 1.82) is 0 Å². The number of hydrogen-bond acceptors (Lipinski definition) is 4. The van der Waals surface area contributed by atoms with Crippen molar-refractivity contribution < 1.29 is 17.9 Å². The first kappa shape index (κ1) is 20.6. The first-order valence-corrected chi connectivity index (χ1v) is 10.6. The van der Waals surface area contributed by atoms with Crippen molar-refractivity contribution in [2.45, 2.75) is 31.3 Å². The van der Waals surface area contributed by atoms with Gasteiger partial charge in [-0.3, -0.25) is 0 Å². The van der Waals surface area contributed by atoms with Crippen molar-refractivity contribution in [3.05, 3.63) is 84.7 Å². The maximum absolute atomic E-state index is 13.0. The minimum Gasteiger partial charge on any atom is -0.457 e. The molecule has 0 fully saturated rings. The van der Waals surface area contributed by atoms with Gasteiger partial charge < -0.3 is 4.74 Å². The molecule has 3 aromatic rings. The quantitative estimate of drug-likeness (QED) is 0.451. The van der Waals surface area contributed by atoms with Gasteiger partial charge in [0.1, 0.15) is 5.60 Å². The van der Waals surface area contributed by atoms with Gasteiger partial charge in [0.15, 0.2) is 0 Å². The summed E-state index contributed by atoms with van der Waals surface area (Å²) in [5, 5.41) is 0. The highest BCUT2D eigenvalue weighted by molar-refractivity contribution is 7.90. The maximum Gasteiger partial charge on any atom is 0.331 e. The van der Waals surface area contributed by atoms with Crippen molar-refractivity contribution in [2.75, 3.05) is 0 Å². The van der Waals surface area contributed by atoms with E-state index in [1.165, 1.54) is 24.5 Å². The average Bonchev–Trinajstić information content (AvgIpc) is 3.16. The summed E-state index contributed by atoms with van der Waals surface area (Å²) < 4.78 is 32.4. The van der Waals surface area contributed by atoms with Crippen LogP contribution in [-0.4, -0.2) is 24.0 Å². The fourth-order valence-electron chi connectivity index (χ4n) is 2.73. The van der Waals surface area contributed by atoms with Crippen LogP contribution in [0.5, 0.6) is 0 Å². The zero-order chi connectivity index (χ0) is 21.1. The molecule has 3 rings (SSSR count). The maximum atomic E-state index is 13.0. The molecule has 0 amide bonds. The van der Waals surface area contributed by atoms with E-state index in [0.29, 0.717) is 5.56 Å². The Hall–Kier alpha value is -3.12. The summed E-state index contributed by atoms with van der Waals surface area (Å²) >= 11 is 0. The van der Waals surface area contributed by atoms with E-state index in [-0.39, 0.29) is 4.90 Å². The summed E-state index contributed by atoms with van der Waals surface area (Å²) in [6.45, 7) is 5.35. The lowest BCUT2D eigenvalue weighted by Crippen LogP contribution is -2.22. The minimum absolute atomic E-state index is 0.192. The molecule has 150 valence electrons. The van der Waals surface area contributed by atoms with Gasteiger partial charge in [0, 0.05) is 18.5 Å². The largest absolute Gasteiger partial charge is 0.457 e. The molecule has 6 heteroatoms. The predicted molar refractivity (Wildman–Crippen MR) is 114 cm³/mol. The number of carbonyl (C=O) groups excluding carboxylic acids is 1. The van der Waals surface area contributed by atoms with Crippen LogP contribution in [0.2, 0.25) is 0 Å². The van der Waals surface area contributed by atoms with Crippen LogP contribution >= 0.6 is 0 Å². The van der Waals surface area contributed by atoms with Crippen molar-refractivity contribution in [2.24, 2.45) is 0 Å². The van der Waals surface area contributed by atoms with Crippen LogP contribution in [0.4, 0.5) is 0 Å². The summed E-state index contributed by atoms with van der Waals surface area (Å²) in [7, 11) is -3.75. The van der Waals surface area contributed by atoms with Crippen molar-refractivity contribution >= 4 is 22.1 Å². The Morgan fingerprint density at radius 2 is 1.66 bits per heavy atom. The van der Waals surface area contributed by atoms with Crippen LogP contribution in [0.3, 0.4) is 0 Å². The summed E-state index contributed by atoms with van der Waals surface area (Å²) in [5.41, 5.74) is 1.76. The monoisotopic (exact) mass is 409 g/mol. The third-order valence-electron chi connectivity index (χ3n) is 4.03. The summed E-state index contributed by atoms with van der Waals surface area (Å²) in [4.78, 5) is 12.0. The van der Waals surface area contributed by atoms with Crippen molar-refractivity contribution in [3.63, 3.8) is 0 Å². The van der Waals surface area contributed by atoms with E-state index in [0.717, 1.165) is 15.1 Å². The highest BCUT2D eigenvalue weighted by Crippen LogP contribution is 2.24. The molecule has 0 N–H and O–H groups in total. The topological polar surface area (TPSA) is 65.4 Å². The molecule has 0 saturated heterocycles. The molecule has 0 aliphatic heterocycles. The van der Waals surface area contributed by atoms with E-state index >= 15 is 0 Å². The van der Waals surface area contributed by atoms with Gasteiger partial charge in [0.25, 0.3) is 10.0 Å². The Morgan fingerprint density at radius 1 is 0.966 bits per heavy atom. The van der Waals surface area contributed by atoms with E-state index < -0.39 is 21.6 Å². The van der Waals surface area contributed by atoms with E-state index in [9.17, 15) is 13.2 Å². The molecule has 0 aliphatic rings. The van der Waals surface area contributed by atoms with Crippen LogP contribution in [0.15, 0.2) is 84.0 Å². The molecule has 0 radical (unpaired) electrons. The van der Waals surface area contributed by atoms with E-state index in [1.54, 1.807) is 45.0 Å². The fraction of sp³-hybridized carbons (Fsp3) is 0.174. The molecule has 0 aliphatic carbocycles. The Labute approximate surface area is 171 Å². The van der Waals surface area contributed by atoms with Crippen LogP contribution < -0.4 is 0 Å². The van der Waals surface area contributed by atoms with Gasteiger partial charge in [-0.05, 0) is 61.7 Å². The van der Waals surface area contributed by atoms with Gasteiger partial charge in [-0.2, -0.15) is 0 Å². The standard InChI is InChI=1S/C23H23NO4S/c1-23(2,3)28-22(25)13-12-18-14-15-24(17-18)29(26,27)21-11-7-10-20(16-21)19-8-5-4-6-9-19/h4-17H,1-3H3. The van der Waals surface area contributed by atoms with Gasteiger partial charge in [0.2, 0.25) is 0 Å². The molecule has 0 saturated carbocycles. The lowest BCUT2D eigenvalue weighted by atomic mass is 10.1.